The van der Waals surface area contributed by atoms with Gasteiger partial charge in [-0.05, 0) is 46.9 Å². The molecular weight excluding hydrogens is 348 g/mol. The second-order valence-electron chi connectivity index (χ2n) is 6.77. The lowest BCUT2D eigenvalue weighted by Gasteiger charge is -2.14. The van der Waals surface area contributed by atoms with Gasteiger partial charge in [0.2, 0.25) is 5.91 Å². The maximum atomic E-state index is 12.4. The lowest BCUT2D eigenvalue weighted by molar-refractivity contribution is -0.116. The van der Waals surface area contributed by atoms with Gasteiger partial charge in [-0.1, -0.05) is 62.4 Å². The Kier molecular flexibility index (Phi) is 6.43. The fourth-order valence-corrected chi connectivity index (χ4v) is 3.33. The molecule has 3 aromatic carbocycles. The quantitative estimate of drug-likeness (QED) is 0.628. The van der Waals surface area contributed by atoms with E-state index in [4.69, 9.17) is 0 Å². The van der Waals surface area contributed by atoms with E-state index in [0.29, 0.717) is 12.1 Å². The Labute approximate surface area is 166 Å². The third-order valence-electron chi connectivity index (χ3n) is 4.91. The van der Waals surface area contributed by atoms with Crippen molar-refractivity contribution < 1.29 is 9.59 Å². The molecule has 2 N–H and O–H groups in total. The van der Waals surface area contributed by atoms with Crippen molar-refractivity contribution >= 4 is 28.3 Å². The van der Waals surface area contributed by atoms with Gasteiger partial charge >= 0.3 is 0 Å². The fraction of sp³-hybridized carbons (Fsp3) is 0.250. The van der Waals surface area contributed by atoms with Crippen LogP contribution >= 0.6 is 0 Å². The smallest absolute Gasteiger partial charge is 0.251 e. The number of hydrogen-bond donors (Lipinski definition) is 2. The Morgan fingerprint density at radius 2 is 1.50 bits per heavy atom. The molecule has 0 unspecified atom stereocenters. The molecule has 0 saturated heterocycles. The van der Waals surface area contributed by atoms with E-state index in [2.05, 4.69) is 24.5 Å². The van der Waals surface area contributed by atoms with Crippen LogP contribution in [-0.2, 0) is 17.6 Å². The highest BCUT2D eigenvalue weighted by atomic mass is 16.2. The maximum Gasteiger partial charge on any atom is 0.251 e. The molecule has 0 heterocycles. The fourth-order valence-electron chi connectivity index (χ4n) is 3.33. The Balaban J connectivity index is 1.57. The van der Waals surface area contributed by atoms with Crippen LogP contribution < -0.4 is 10.6 Å². The van der Waals surface area contributed by atoms with Crippen LogP contribution in [0, 0.1) is 0 Å². The minimum atomic E-state index is -0.165. The Bertz CT molecular complexity index is 973. The monoisotopic (exact) mass is 374 g/mol. The summed E-state index contributed by atoms with van der Waals surface area (Å²) in [6, 6.07) is 19.6. The number of benzene rings is 3. The van der Waals surface area contributed by atoms with Gasteiger partial charge in [-0.15, -0.1) is 0 Å². The van der Waals surface area contributed by atoms with Crippen LogP contribution in [0.25, 0.3) is 10.8 Å². The summed E-state index contributed by atoms with van der Waals surface area (Å²) in [6.07, 6.45) is 1.96. The van der Waals surface area contributed by atoms with E-state index in [0.717, 1.165) is 40.4 Å². The largest absolute Gasteiger partial charge is 0.352 e. The van der Waals surface area contributed by atoms with E-state index in [1.165, 1.54) is 0 Å². The highest BCUT2D eigenvalue weighted by Gasteiger charge is 2.11. The number of nitrogens with one attached hydrogen (secondary N) is 2. The number of amides is 2. The number of fused-ring (bicyclic) bond motifs is 1. The molecule has 0 bridgehead atoms. The zero-order chi connectivity index (χ0) is 19.9. The lowest BCUT2D eigenvalue weighted by atomic mass is 10.0. The number of hydrogen-bond acceptors (Lipinski definition) is 2. The summed E-state index contributed by atoms with van der Waals surface area (Å²) in [5.74, 6) is -0.254. The summed E-state index contributed by atoms with van der Waals surface area (Å²) >= 11 is 0. The van der Waals surface area contributed by atoms with E-state index < -0.39 is 0 Å². The number of rotatable bonds is 7. The molecule has 3 rings (SSSR count). The number of carbonyl (C=O) groups excluding carboxylic acids is 2. The van der Waals surface area contributed by atoms with Crippen molar-refractivity contribution in [3.63, 3.8) is 0 Å². The first-order valence-corrected chi connectivity index (χ1v) is 9.80. The van der Waals surface area contributed by atoms with Crippen LogP contribution in [0.3, 0.4) is 0 Å². The third kappa shape index (κ3) is 4.58. The second kappa shape index (κ2) is 9.18. The van der Waals surface area contributed by atoms with Crippen molar-refractivity contribution in [3.05, 3.63) is 77.4 Å². The van der Waals surface area contributed by atoms with Gasteiger partial charge < -0.3 is 10.6 Å². The summed E-state index contributed by atoms with van der Waals surface area (Å²) in [5.41, 5.74) is 3.78. The van der Waals surface area contributed by atoms with E-state index in [1.807, 2.05) is 60.7 Å². The van der Waals surface area contributed by atoms with Gasteiger partial charge in [0.25, 0.3) is 5.91 Å². The molecule has 3 aromatic rings. The van der Waals surface area contributed by atoms with Crippen LogP contribution in [0.15, 0.2) is 60.7 Å². The van der Waals surface area contributed by atoms with Crippen LogP contribution in [0.1, 0.15) is 41.8 Å². The average molecular weight is 374 g/mol. The molecule has 28 heavy (non-hydrogen) atoms. The van der Waals surface area contributed by atoms with Gasteiger partial charge in [-0.2, -0.15) is 0 Å². The molecular formula is C24H26N2O2. The van der Waals surface area contributed by atoms with Gasteiger partial charge in [-0.3, -0.25) is 9.59 Å². The maximum absolute atomic E-state index is 12.4. The van der Waals surface area contributed by atoms with Crippen LogP contribution in [-0.4, -0.2) is 18.4 Å². The second-order valence-corrected chi connectivity index (χ2v) is 6.77. The predicted octanol–water partition coefficient (Wildman–Crippen LogP) is 4.72. The molecule has 0 aliphatic rings. The Morgan fingerprint density at radius 3 is 2.18 bits per heavy atom. The van der Waals surface area contributed by atoms with Crippen molar-refractivity contribution in [2.24, 2.45) is 0 Å². The first-order chi connectivity index (χ1) is 13.6. The summed E-state index contributed by atoms with van der Waals surface area (Å²) in [4.78, 5) is 24.8. The van der Waals surface area contributed by atoms with Gasteiger partial charge in [-0.25, -0.2) is 0 Å². The minimum absolute atomic E-state index is 0.0885. The highest BCUT2D eigenvalue weighted by Crippen LogP contribution is 2.22. The van der Waals surface area contributed by atoms with Crippen molar-refractivity contribution in [2.75, 3.05) is 11.9 Å². The zero-order valence-electron chi connectivity index (χ0n) is 16.4. The topological polar surface area (TPSA) is 58.2 Å². The standard InChI is InChI=1S/C24H26N2O2/c1-3-17-10-7-11-18(4-2)23(17)26-22(27)14-15-25-24(28)21-13-12-19-8-5-6-9-20(19)16-21/h5-13,16H,3-4,14-15H2,1-2H3,(H,25,28)(H,26,27). The van der Waals surface area contributed by atoms with Gasteiger partial charge in [0.15, 0.2) is 0 Å². The van der Waals surface area contributed by atoms with E-state index in [1.54, 1.807) is 0 Å². The van der Waals surface area contributed by atoms with Gasteiger partial charge in [0.1, 0.15) is 0 Å². The molecule has 144 valence electrons. The van der Waals surface area contributed by atoms with E-state index in [-0.39, 0.29) is 18.2 Å². The summed E-state index contributed by atoms with van der Waals surface area (Å²) in [6.45, 7) is 4.45. The zero-order valence-corrected chi connectivity index (χ0v) is 16.4. The first-order valence-electron chi connectivity index (χ1n) is 9.80. The summed E-state index contributed by atoms with van der Waals surface area (Å²) in [7, 11) is 0. The Hall–Kier alpha value is -3.14. The van der Waals surface area contributed by atoms with E-state index in [9.17, 15) is 9.59 Å². The SMILES string of the molecule is CCc1cccc(CC)c1NC(=O)CCNC(=O)c1ccc2ccccc2c1. The third-order valence-corrected chi connectivity index (χ3v) is 4.91. The van der Waals surface area contributed by atoms with Gasteiger partial charge in [0.05, 0.1) is 0 Å². The normalized spacial score (nSPS) is 10.6. The van der Waals surface area contributed by atoms with Crippen LogP contribution in [0.5, 0.6) is 0 Å². The number of aryl methyl sites for hydroxylation is 2. The highest BCUT2D eigenvalue weighted by molar-refractivity contribution is 5.99. The molecule has 4 nitrogen and oxygen atoms in total. The molecule has 0 aromatic heterocycles. The van der Waals surface area contributed by atoms with Crippen LogP contribution in [0.4, 0.5) is 5.69 Å². The predicted molar refractivity (Wildman–Crippen MR) is 115 cm³/mol. The van der Waals surface area contributed by atoms with Crippen molar-refractivity contribution in [1.29, 1.82) is 0 Å². The molecule has 0 atom stereocenters. The molecule has 0 aliphatic carbocycles. The first kappa shape index (κ1) is 19.6. The van der Waals surface area contributed by atoms with Crippen molar-refractivity contribution in [1.82, 2.24) is 5.32 Å². The molecule has 0 spiro atoms. The number of anilines is 1. The molecule has 0 fully saturated rings. The van der Waals surface area contributed by atoms with E-state index >= 15 is 0 Å². The molecule has 0 saturated carbocycles. The number of carbonyl (C=O) groups is 2. The molecule has 4 heteroatoms. The molecule has 2 amide bonds. The summed E-state index contributed by atoms with van der Waals surface area (Å²) in [5, 5.41) is 7.99. The van der Waals surface area contributed by atoms with Crippen LogP contribution in [0.2, 0.25) is 0 Å². The van der Waals surface area contributed by atoms with Crippen molar-refractivity contribution in [3.8, 4) is 0 Å². The molecule has 0 aliphatic heterocycles. The minimum Gasteiger partial charge on any atom is -0.352 e. The van der Waals surface area contributed by atoms with Crippen molar-refractivity contribution in [2.45, 2.75) is 33.1 Å². The number of para-hydroxylation sites is 1. The average Bonchev–Trinajstić information content (AvgIpc) is 2.73. The van der Waals surface area contributed by atoms with Gasteiger partial charge in [0, 0.05) is 24.2 Å². The Morgan fingerprint density at radius 1 is 0.821 bits per heavy atom. The molecule has 0 radical (unpaired) electrons. The lowest BCUT2D eigenvalue weighted by Crippen LogP contribution is -2.28. The summed E-state index contributed by atoms with van der Waals surface area (Å²) < 4.78 is 0.